The number of morpholine rings is 1. The molecule has 0 saturated carbocycles. The van der Waals surface area contributed by atoms with Crippen LogP contribution in [0.3, 0.4) is 0 Å². The summed E-state index contributed by atoms with van der Waals surface area (Å²) >= 11 is 5.84. The van der Waals surface area contributed by atoms with Crippen LogP contribution in [0, 0.1) is 5.82 Å². The maximum atomic E-state index is 13.4. The minimum atomic E-state index is -0.227. The van der Waals surface area contributed by atoms with Crippen molar-refractivity contribution in [1.29, 1.82) is 0 Å². The number of hydrogen-bond donors (Lipinski definition) is 2. The highest BCUT2D eigenvalue weighted by molar-refractivity contribution is 14.0. The van der Waals surface area contributed by atoms with Crippen molar-refractivity contribution >= 4 is 41.5 Å². The van der Waals surface area contributed by atoms with Crippen molar-refractivity contribution in [2.24, 2.45) is 4.99 Å². The number of nitrogens with one attached hydrogen (secondary N) is 2. The fourth-order valence-electron chi connectivity index (χ4n) is 3.40. The minimum absolute atomic E-state index is 0. The monoisotopic (exact) mass is 561 g/mol. The van der Waals surface area contributed by atoms with Crippen LogP contribution >= 0.6 is 35.6 Å². The molecule has 3 rings (SSSR count). The van der Waals surface area contributed by atoms with E-state index in [4.69, 9.17) is 21.3 Å². The van der Waals surface area contributed by atoms with Gasteiger partial charge in [-0.15, -0.1) is 24.0 Å². The molecule has 2 aromatic rings. The van der Waals surface area contributed by atoms with Crippen molar-refractivity contribution in [2.75, 3.05) is 45.9 Å². The largest absolute Gasteiger partial charge is 0.379 e. The van der Waals surface area contributed by atoms with E-state index in [1.54, 1.807) is 12.3 Å². The molecule has 0 radical (unpaired) electrons. The lowest BCUT2D eigenvalue weighted by Gasteiger charge is -2.34. The molecule has 2 heterocycles. The van der Waals surface area contributed by atoms with Crippen LogP contribution in [0.1, 0.15) is 24.1 Å². The van der Waals surface area contributed by atoms with E-state index in [0.29, 0.717) is 24.9 Å². The van der Waals surface area contributed by atoms with Gasteiger partial charge in [0.05, 0.1) is 25.8 Å². The number of nitrogens with zero attached hydrogens (tertiary/aromatic N) is 3. The van der Waals surface area contributed by atoms with Gasteiger partial charge in [-0.2, -0.15) is 0 Å². The smallest absolute Gasteiger partial charge is 0.191 e. The Kier molecular flexibility index (Phi) is 11.5. The van der Waals surface area contributed by atoms with E-state index in [2.05, 4.69) is 20.5 Å². The summed E-state index contributed by atoms with van der Waals surface area (Å²) in [5.41, 5.74) is 2.17. The molecule has 1 aromatic heterocycles. The summed E-state index contributed by atoms with van der Waals surface area (Å²) < 4.78 is 18.9. The number of guanidine groups is 1. The topological polar surface area (TPSA) is 61.8 Å². The minimum Gasteiger partial charge on any atom is -0.379 e. The molecule has 1 aromatic carbocycles. The van der Waals surface area contributed by atoms with Gasteiger partial charge < -0.3 is 15.4 Å². The molecule has 0 aliphatic carbocycles. The summed E-state index contributed by atoms with van der Waals surface area (Å²) in [6.07, 6.45) is 2.61. The molecular formula is C22H30ClFIN5O. The second-order valence-electron chi connectivity index (χ2n) is 7.10. The first-order chi connectivity index (χ1) is 14.7. The molecule has 0 spiro atoms. The van der Waals surface area contributed by atoms with E-state index in [1.807, 2.05) is 25.1 Å². The van der Waals surface area contributed by atoms with Crippen LogP contribution in [0.5, 0.6) is 0 Å². The molecule has 6 nitrogen and oxygen atoms in total. The Morgan fingerprint density at radius 2 is 1.94 bits per heavy atom. The third kappa shape index (κ3) is 8.51. The SMILES string of the molecule is CCNC(=NCC(c1ccc(F)cc1)N1CCOCC1)NCCc1ccc(Cl)nc1.I. The number of pyridine rings is 1. The number of hydrogen-bond acceptors (Lipinski definition) is 4. The highest BCUT2D eigenvalue weighted by Crippen LogP contribution is 2.22. The lowest BCUT2D eigenvalue weighted by atomic mass is 10.0. The predicted molar refractivity (Wildman–Crippen MR) is 134 cm³/mol. The standard InChI is InChI=1S/C22H29ClFN5O.HI/c1-2-25-22(26-10-9-17-3-8-21(23)27-15-17)28-16-20(29-11-13-30-14-12-29)18-4-6-19(24)7-5-18;/h3-8,15,20H,2,9-14,16H2,1H3,(H2,25,26,28);1H. The first kappa shape index (κ1) is 25.8. The van der Waals surface area contributed by atoms with Crippen LogP contribution in [0.2, 0.25) is 5.15 Å². The zero-order valence-electron chi connectivity index (χ0n) is 17.7. The Hall–Kier alpha value is -1.49. The van der Waals surface area contributed by atoms with E-state index in [0.717, 1.165) is 49.7 Å². The lowest BCUT2D eigenvalue weighted by molar-refractivity contribution is 0.0179. The van der Waals surface area contributed by atoms with Gasteiger partial charge in [-0.25, -0.2) is 9.37 Å². The Labute approximate surface area is 205 Å². The molecular weight excluding hydrogens is 532 g/mol. The number of benzene rings is 1. The highest BCUT2D eigenvalue weighted by atomic mass is 127. The molecule has 0 bridgehead atoms. The molecule has 9 heteroatoms. The second kappa shape index (κ2) is 13.8. The molecule has 1 fully saturated rings. The molecule has 170 valence electrons. The zero-order chi connectivity index (χ0) is 21.2. The van der Waals surface area contributed by atoms with Crippen molar-refractivity contribution in [1.82, 2.24) is 20.5 Å². The molecule has 1 aliphatic rings. The first-order valence-electron chi connectivity index (χ1n) is 10.4. The van der Waals surface area contributed by atoms with E-state index in [9.17, 15) is 4.39 Å². The second-order valence-corrected chi connectivity index (χ2v) is 7.49. The molecule has 31 heavy (non-hydrogen) atoms. The maximum Gasteiger partial charge on any atom is 0.191 e. The van der Waals surface area contributed by atoms with Gasteiger partial charge in [0.2, 0.25) is 0 Å². The zero-order valence-corrected chi connectivity index (χ0v) is 20.8. The van der Waals surface area contributed by atoms with Crippen molar-refractivity contribution in [3.05, 3.63) is 64.7 Å². The number of aliphatic imine (C=N–C) groups is 1. The molecule has 1 saturated heterocycles. The number of rotatable bonds is 8. The average Bonchev–Trinajstić information content (AvgIpc) is 2.77. The maximum absolute atomic E-state index is 13.4. The average molecular weight is 562 g/mol. The summed E-state index contributed by atoms with van der Waals surface area (Å²) in [7, 11) is 0. The summed E-state index contributed by atoms with van der Waals surface area (Å²) in [4.78, 5) is 11.3. The Bertz CT molecular complexity index is 801. The lowest BCUT2D eigenvalue weighted by Crippen LogP contribution is -2.42. The van der Waals surface area contributed by atoms with Gasteiger partial charge in [0.1, 0.15) is 11.0 Å². The van der Waals surface area contributed by atoms with Gasteiger partial charge in [0.25, 0.3) is 0 Å². The predicted octanol–water partition coefficient (Wildman–Crippen LogP) is 3.66. The van der Waals surface area contributed by atoms with Crippen molar-refractivity contribution in [3.8, 4) is 0 Å². The molecule has 1 unspecified atom stereocenters. The van der Waals surface area contributed by atoms with E-state index in [-0.39, 0.29) is 35.8 Å². The van der Waals surface area contributed by atoms with Crippen LogP contribution in [0.15, 0.2) is 47.6 Å². The Morgan fingerprint density at radius 3 is 2.58 bits per heavy atom. The molecule has 2 N–H and O–H groups in total. The van der Waals surface area contributed by atoms with Gasteiger partial charge in [0, 0.05) is 32.4 Å². The quantitative estimate of drug-likeness (QED) is 0.223. The highest BCUT2D eigenvalue weighted by Gasteiger charge is 2.22. The number of ether oxygens (including phenoxy) is 1. The van der Waals surface area contributed by atoms with Crippen LogP contribution in [0.25, 0.3) is 0 Å². The fourth-order valence-corrected chi connectivity index (χ4v) is 3.52. The van der Waals surface area contributed by atoms with Crippen LogP contribution < -0.4 is 10.6 Å². The third-order valence-electron chi connectivity index (χ3n) is 5.00. The Balaban J connectivity index is 0.00000341. The van der Waals surface area contributed by atoms with Crippen molar-refractivity contribution in [2.45, 2.75) is 19.4 Å². The molecule has 0 amide bonds. The van der Waals surface area contributed by atoms with Crippen LogP contribution in [0.4, 0.5) is 4.39 Å². The molecule has 1 atom stereocenters. The number of aromatic nitrogens is 1. The summed E-state index contributed by atoms with van der Waals surface area (Å²) in [6.45, 7) is 7.20. The van der Waals surface area contributed by atoms with E-state index >= 15 is 0 Å². The van der Waals surface area contributed by atoms with Gasteiger partial charge >= 0.3 is 0 Å². The van der Waals surface area contributed by atoms with Crippen molar-refractivity contribution in [3.63, 3.8) is 0 Å². The third-order valence-corrected chi connectivity index (χ3v) is 5.23. The van der Waals surface area contributed by atoms with Gasteiger partial charge in [-0.05, 0) is 42.7 Å². The molecule has 1 aliphatic heterocycles. The van der Waals surface area contributed by atoms with Crippen LogP contribution in [-0.4, -0.2) is 61.8 Å². The van der Waals surface area contributed by atoms with Gasteiger partial charge in [-0.3, -0.25) is 9.89 Å². The fraction of sp³-hybridized carbons (Fsp3) is 0.455. The van der Waals surface area contributed by atoms with E-state index in [1.165, 1.54) is 12.1 Å². The Morgan fingerprint density at radius 1 is 1.19 bits per heavy atom. The summed E-state index contributed by atoms with van der Waals surface area (Å²) in [6, 6.07) is 10.6. The summed E-state index contributed by atoms with van der Waals surface area (Å²) in [5, 5.41) is 7.17. The van der Waals surface area contributed by atoms with Gasteiger partial charge in [-0.1, -0.05) is 29.8 Å². The normalized spacial score (nSPS) is 15.8. The van der Waals surface area contributed by atoms with Crippen molar-refractivity contribution < 1.29 is 9.13 Å². The summed E-state index contributed by atoms with van der Waals surface area (Å²) in [5.74, 6) is 0.537. The van der Waals surface area contributed by atoms with E-state index < -0.39 is 0 Å². The van der Waals surface area contributed by atoms with Gasteiger partial charge in [0.15, 0.2) is 5.96 Å². The number of halogens is 3. The first-order valence-corrected chi connectivity index (χ1v) is 10.7. The van der Waals surface area contributed by atoms with Crippen LogP contribution in [-0.2, 0) is 11.2 Å².